The lowest BCUT2D eigenvalue weighted by atomic mass is 9.85. The summed E-state index contributed by atoms with van der Waals surface area (Å²) in [7, 11) is 0. The Morgan fingerprint density at radius 3 is 2.63 bits per heavy atom. The number of hydrogen-bond acceptors (Lipinski definition) is 3. The molecule has 0 saturated carbocycles. The van der Waals surface area contributed by atoms with Crippen LogP contribution in [0.15, 0.2) is 18.2 Å². The van der Waals surface area contributed by atoms with Gasteiger partial charge in [-0.05, 0) is 43.0 Å². The fourth-order valence-corrected chi connectivity index (χ4v) is 4.33. The minimum Gasteiger partial charge on any atom is -0.376 e. The van der Waals surface area contributed by atoms with Crippen molar-refractivity contribution in [2.75, 3.05) is 32.8 Å². The fourth-order valence-electron chi connectivity index (χ4n) is 3.81. The first-order valence-electron chi connectivity index (χ1n) is 9.47. The molecular weight excluding hydrogens is 390 g/mol. The standard InChI is InChI=1S/C20H27Cl2FN2O2/c1-20(2)4-6-27-18(20)12-25-5-3-13(17(23)11-25)10-24-19(26)14-7-15(21)9-16(22)8-14/h7-9,13,17-18H,3-6,10-12H2,1-2H3,(H,24,26). The van der Waals surface area contributed by atoms with E-state index in [2.05, 4.69) is 24.1 Å². The number of benzene rings is 1. The van der Waals surface area contributed by atoms with Crippen LogP contribution in [0.2, 0.25) is 10.0 Å². The molecule has 3 rings (SSSR count). The molecule has 0 aromatic heterocycles. The monoisotopic (exact) mass is 416 g/mol. The van der Waals surface area contributed by atoms with Gasteiger partial charge in [0.2, 0.25) is 0 Å². The molecule has 0 bridgehead atoms. The predicted octanol–water partition coefficient (Wildman–Crippen LogP) is 4.20. The number of nitrogens with zero attached hydrogens (tertiary/aromatic N) is 1. The molecule has 1 amide bonds. The first-order valence-corrected chi connectivity index (χ1v) is 10.2. The third kappa shape index (κ3) is 5.35. The van der Waals surface area contributed by atoms with E-state index in [1.165, 1.54) is 0 Å². The number of alkyl halides is 1. The van der Waals surface area contributed by atoms with E-state index in [0.29, 0.717) is 35.1 Å². The SMILES string of the molecule is CC1(C)CCOC1CN1CCC(CNC(=O)c2cc(Cl)cc(Cl)c2)C(F)C1. The molecule has 4 nitrogen and oxygen atoms in total. The van der Waals surface area contributed by atoms with E-state index in [1.54, 1.807) is 18.2 Å². The van der Waals surface area contributed by atoms with Crippen molar-refractivity contribution in [2.24, 2.45) is 11.3 Å². The highest BCUT2D eigenvalue weighted by Gasteiger charge is 2.38. The Labute approximate surface area is 170 Å². The summed E-state index contributed by atoms with van der Waals surface area (Å²) in [6, 6.07) is 4.69. The van der Waals surface area contributed by atoms with Gasteiger partial charge in [0, 0.05) is 47.8 Å². The number of nitrogens with one attached hydrogen (secondary N) is 1. The largest absolute Gasteiger partial charge is 0.376 e. The second-order valence-corrected chi connectivity index (χ2v) is 9.16. The van der Waals surface area contributed by atoms with E-state index < -0.39 is 6.17 Å². The second kappa shape index (κ2) is 8.64. The van der Waals surface area contributed by atoms with Crippen molar-refractivity contribution in [1.82, 2.24) is 10.2 Å². The van der Waals surface area contributed by atoms with Crippen LogP contribution in [0.25, 0.3) is 0 Å². The molecule has 2 aliphatic heterocycles. The number of ether oxygens (including phenoxy) is 1. The van der Waals surface area contributed by atoms with Crippen LogP contribution >= 0.6 is 23.2 Å². The molecule has 1 aromatic carbocycles. The van der Waals surface area contributed by atoms with Gasteiger partial charge in [-0.3, -0.25) is 9.69 Å². The predicted molar refractivity (Wildman–Crippen MR) is 106 cm³/mol. The van der Waals surface area contributed by atoms with Crippen molar-refractivity contribution in [3.8, 4) is 0 Å². The van der Waals surface area contributed by atoms with Gasteiger partial charge in [0.05, 0.1) is 6.10 Å². The summed E-state index contributed by atoms with van der Waals surface area (Å²) in [5.41, 5.74) is 0.537. The number of hydrogen-bond donors (Lipinski definition) is 1. The number of amides is 1. The zero-order valence-electron chi connectivity index (χ0n) is 15.8. The maximum Gasteiger partial charge on any atom is 0.251 e. The quantitative estimate of drug-likeness (QED) is 0.781. The Morgan fingerprint density at radius 1 is 1.33 bits per heavy atom. The average molecular weight is 417 g/mol. The first kappa shape index (κ1) is 20.8. The highest BCUT2D eigenvalue weighted by molar-refractivity contribution is 6.35. The van der Waals surface area contributed by atoms with Gasteiger partial charge in [-0.15, -0.1) is 0 Å². The third-order valence-corrected chi connectivity index (χ3v) is 6.21. The Balaban J connectivity index is 1.48. The van der Waals surface area contributed by atoms with E-state index in [9.17, 15) is 9.18 Å². The molecule has 150 valence electrons. The molecule has 0 aliphatic carbocycles. The summed E-state index contributed by atoms with van der Waals surface area (Å²) in [6.07, 6.45) is 0.956. The van der Waals surface area contributed by atoms with E-state index in [0.717, 1.165) is 26.1 Å². The summed E-state index contributed by atoms with van der Waals surface area (Å²) < 4.78 is 20.5. The highest BCUT2D eigenvalue weighted by Crippen LogP contribution is 2.35. The van der Waals surface area contributed by atoms with Gasteiger partial charge < -0.3 is 10.1 Å². The molecule has 2 saturated heterocycles. The number of rotatable bonds is 5. The van der Waals surface area contributed by atoms with Crippen LogP contribution in [-0.2, 0) is 4.74 Å². The molecule has 2 aliphatic rings. The summed E-state index contributed by atoms with van der Waals surface area (Å²) in [5, 5.41) is 3.62. The smallest absolute Gasteiger partial charge is 0.251 e. The molecule has 0 spiro atoms. The molecule has 3 atom stereocenters. The van der Waals surface area contributed by atoms with Gasteiger partial charge in [-0.25, -0.2) is 4.39 Å². The summed E-state index contributed by atoms with van der Waals surface area (Å²) in [5.74, 6) is -0.465. The lowest BCUT2D eigenvalue weighted by Crippen LogP contribution is -2.49. The van der Waals surface area contributed by atoms with Crippen molar-refractivity contribution in [2.45, 2.75) is 39.0 Å². The van der Waals surface area contributed by atoms with Crippen LogP contribution < -0.4 is 5.32 Å². The van der Waals surface area contributed by atoms with Gasteiger partial charge >= 0.3 is 0 Å². The van der Waals surface area contributed by atoms with E-state index in [4.69, 9.17) is 27.9 Å². The normalized spacial score (nSPS) is 28.3. The molecule has 3 unspecified atom stereocenters. The maximum absolute atomic E-state index is 14.7. The average Bonchev–Trinajstić information content (AvgIpc) is 2.91. The minimum atomic E-state index is -0.966. The van der Waals surface area contributed by atoms with Crippen LogP contribution in [0.4, 0.5) is 4.39 Å². The summed E-state index contributed by atoms with van der Waals surface area (Å²) >= 11 is 11.9. The van der Waals surface area contributed by atoms with E-state index >= 15 is 0 Å². The summed E-state index contributed by atoms with van der Waals surface area (Å²) in [4.78, 5) is 14.4. The highest BCUT2D eigenvalue weighted by atomic mass is 35.5. The fraction of sp³-hybridized carbons (Fsp3) is 0.650. The number of carbonyl (C=O) groups excluding carboxylic acids is 1. The van der Waals surface area contributed by atoms with Gasteiger partial charge in [-0.1, -0.05) is 37.0 Å². The van der Waals surface area contributed by atoms with Crippen LogP contribution in [0.1, 0.15) is 37.0 Å². The Hall–Kier alpha value is -0.880. The molecule has 1 aromatic rings. The lowest BCUT2D eigenvalue weighted by molar-refractivity contribution is 0.00414. The van der Waals surface area contributed by atoms with Crippen molar-refractivity contribution >= 4 is 29.1 Å². The van der Waals surface area contributed by atoms with Gasteiger partial charge in [0.1, 0.15) is 6.17 Å². The maximum atomic E-state index is 14.7. The Morgan fingerprint density at radius 2 is 2.04 bits per heavy atom. The number of likely N-dealkylation sites (tertiary alicyclic amines) is 1. The Bertz CT molecular complexity index is 666. The number of halogens is 3. The molecular formula is C20H27Cl2FN2O2. The van der Waals surface area contributed by atoms with Crippen molar-refractivity contribution in [3.63, 3.8) is 0 Å². The summed E-state index contributed by atoms with van der Waals surface area (Å²) in [6.45, 7) is 7.49. The second-order valence-electron chi connectivity index (χ2n) is 8.29. The van der Waals surface area contributed by atoms with E-state index in [1.807, 2.05) is 0 Å². The minimum absolute atomic E-state index is 0.148. The Kier molecular flexibility index (Phi) is 6.67. The zero-order chi connectivity index (χ0) is 19.6. The van der Waals surface area contributed by atoms with E-state index in [-0.39, 0.29) is 23.3 Å². The molecule has 2 heterocycles. The topological polar surface area (TPSA) is 41.6 Å². The van der Waals surface area contributed by atoms with Crippen molar-refractivity contribution in [3.05, 3.63) is 33.8 Å². The first-order chi connectivity index (χ1) is 12.7. The molecule has 0 radical (unpaired) electrons. The molecule has 27 heavy (non-hydrogen) atoms. The lowest BCUT2D eigenvalue weighted by Gasteiger charge is -2.38. The third-order valence-electron chi connectivity index (χ3n) is 5.77. The van der Waals surface area contributed by atoms with Crippen molar-refractivity contribution in [1.29, 1.82) is 0 Å². The van der Waals surface area contributed by atoms with Crippen LogP contribution in [0.3, 0.4) is 0 Å². The van der Waals surface area contributed by atoms with Crippen molar-refractivity contribution < 1.29 is 13.9 Å². The van der Waals surface area contributed by atoms with Gasteiger partial charge in [0.15, 0.2) is 0 Å². The van der Waals surface area contributed by atoms with Crippen LogP contribution in [0.5, 0.6) is 0 Å². The number of carbonyl (C=O) groups is 1. The van der Waals surface area contributed by atoms with Crippen LogP contribution in [0, 0.1) is 11.3 Å². The molecule has 2 fully saturated rings. The van der Waals surface area contributed by atoms with Gasteiger partial charge in [0.25, 0.3) is 5.91 Å². The van der Waals surface area contributed by atoms with Crippen LogP contribution in [-0.4, -0.2) is 55.9 Å². The number of piperidine rings is 1. The molecule has 7 heteroatoms. The zero-order valence-corrected chi connectivity index (χ0v) is 17.3. The molecule has 1 N–H and O–H groups in total. The van der Waals surface area contributed by atoms with Gasteiger partial charge in [-0.2, -0.15) is 0 Å².